The van der Waals surface area contributed by atoms with Crippen molar-refractivity contribution in [2.75, 3.05) is 31.1 Å². The van der Waals surface area contributed by atoms with Crippen LogP contribution in [0.4, 0.5) is 10.5 Å². The lowest BCUT2D eigenvalue weighted by atomic mass is 9.86. The third kappa shape index (κ3) is 5.41. The first-order valence-electron chi connectivity index (χ1n) is 13.9. The Balaban J connectivity index is 1.24. The van der Waals surface area contributed by atoms with E-state index in [2.05, 4.69) is 16.0 Å². The molecule has 38 heavy (non-hydrogen) atoms. The molecule has 202 valence electrons. The van der Waals surface area contributed by atoms with Crippen LogP contribution in [0.5, 0.6) is 0 Å². The average molecular weight is 518 g/mol. The second-order valence-corrected chi connectivity index (χ2v) is 11.3. The summed E-state index contributed by atoms with van der Waals surface area (Å²) in [5, 5.41) is 9.23. The number of carbonyl (C=O) groups excluding carboxylic acids is 3. The van der Waals surface area contributed by atoms with Crippen LogP contribution in [-0.4, -0.2) is 67.0 Å². The molecule has 5 rings (SSSR count). The van der Waals surface area contributed by atoms with E-state index in [9.17, 15) is 14.4 Å². The molecule has 2 aromatic rings. The number of nitrogens with one attached hydrogen (secondary N) is 3. The fraction of sp³-hybridized carbons (Fsp3) is 0.500. The molecule has 0 spiro atoms. The van der Waals surface area contributed by atoms with Crippen LogP contribution in [0.1, 0.15) is 50.7 Å². The highest BCUT2D eigenvalue weighted by Gasteiger charge is 2.46. The molecular formula is C30H39N5O3. The Labute approximate surface area is 225 Å². The molecule has 0 unspecified atom stereocenters. The predicted molar refractivity (Wildman–Crippen MR) is 148 cm³/mol. The van der Waals surface area contributed by atoms with Gasteiger partial charge in [0.15, 0.2) is 0 Å². The van der Waals surface area contributed by atoms with Crippen LogP contribution in [-0.2, 0) is 21.4 Å². The number of fused-ring (bicyclic) bond motifs is 1. The molecule has 2 fully saturated rings. The number of piperidine rings is 1. The number of aryl methyl sites for hydroxylation is 1. The topological polar surface area (TPSA) is 93.8 Å². The van der Waals surface area contributed by atoms with E-state index in [0.29, 0.717) is 38.8 Å². The Bertz CT molecular complexity index is 1150. The van der Waals surface area contributed by atoms with Gasteiger partial charge in [-0.25, -0.2) is 4.79 Å². The summed E-state index contributed by atoms with van der Waals surface area (Å²) in [6, 6.07) is 17.3. The van der Waals surface area contributed by atoms with E-state index in [1.165, 1.54) is 0 Å². The first-order valence-corrected chi connectivity index (χ1v) is 13.9. The van der Waals surface area contributed by atoms with E-state index in [-0.39, 0.29) is 29.9 Å². The first kappa shape index (κ1) is 26.2. The Morgan fingerprint density at radius 2 is 1.74 bits per heavy atom. The quantitative estimate of drug-likeness (QED) is 0.527. The summed E-state index contributed by atoms with van der Waals surface area (Å²) in [7, 11) is 0. The minimum absolute atomic E-state index is 0.0486. The fourth-order valence-electron chi connectivity index (χ4n) is 6.04. The smallest absolute Gasteiger partial charge is 0.315 e. The Kier molecular flexibility index (Phi) is 7.70. The number of urea groups is 1. The second kappa shape index (κ2) is 11.2. The number of nitrogens with zero attached hydrogens (tertiary/aromatic N) is 2. The van der Waals surface area contributed by atoms with E-state index >= 15 is 0 Å². The van der Waals surface area contributed by atoms with Crippen molar-refractivity contribution in [1.82, 2.24) is 20.9 Å². The number of para-hydroxylation sites is 1. The highest BCUT2D eigenvalue weighted by Crippen LogP contribution is 2.43. The Morgan fingerprint density at radius 1 is 1.03 bits per heavy atom. The summed E-state index contributed by atoms with van der Waals surface area (Å²) in [5.41, 5.74) is 2.66. The van der Waals surface area contributed by atoms with Crippen molar-refractivity contribution in [3.63, 3.8) is 0 Å². The molecule has 4 amide bonds. The van der Waals surface area contributed by atoms with Crippen molar-refractivity contribution < 1.29 is 14.4 Å². The number of anilines is 1. The van der Waals surface area contributed by atoms with Crippen molar-refractivity contribution in [1.29, 1.82) is 0 Å². The van der Waals surface area contributed by atoms with Gasteiger partial charge in [-0.05, 0) is 69.7 Å². The maximum absolute atomic E-state index is 13.7. The molecule has 8 heteroatoms. The molecule has 8 nitrogen and oxygen atoms in total. The molecule has 2 aromatic carbocycles. The normalized spacial score (nSPS) is 21.7. The van der Waals surface area contributed by atoms with Gasteiger partial charge in [0.25, 0.3) is 0 Å². The van der Waals surface area contributed by atoms with Crippen LogP contribution in [0, 0.1) is 0 Å². The Hall–Kier alpha value is -3.39. The molecule has 0 bridgehead atoms. The van der Waals surface area contributed by atoms with E-state index in [1.807, 2.05) is 78.2 Å². The van der Waals surface area contributed by atoms with Gasteiger partial charge in [0, 0.05) is 37.4 Å². The van der Waals surface area contributed by atoms with Gasteiger partial charge in [-0.15, -0.1) is 0 Å². The average Bonchev–Trinajstić information content (AvgIpc) is 3.51. The third-order valence-electron chi connectivity index (χ3n) is 8.30. The number of benzene rings is 2. The standard InChI is InChI=1S/C30H39N5O3/c1-30(2)24-10-6-7-11-26(24)35(28(30)37)23-15-18-34(19-16-23)27(36)25(13-12-21-8-4-3-5-9-21)33-29(38)32-22-14-17-31-20-22/h3-11,22-23,25,31H,12-20H2,1-2H3,(H2,32,33,38)/t22-,25+/m1/s1. The van der Waals surface area contributed by atoms with Gasteiger partial charge in [0.1, 0.15) is 6.04 Å². The van der Waals surface area contributed by atoms with E-state index in [1.54, 1.807) is 0 Å². The summed E-state index contributed by atoms with van der Waals surface area (Å²) in [6.45, 7) is 6.74. The van der Waals surface area contributed by atoms with E-state index in [0.717, 1.165) is 36.3 Å². The number of likely N-dealkylation sites (tertiary alicyclic amines) is 1. The van der Waals surface area contributed by atoms with E-state index < -0.39 is 11.5 Å². The summed E-state index contributed by atoms with van der Waals surface area (Å²) in [5.74, 6) is 0.0801. The van der Waals surface area contributed by atoms with Gasteiger partial charge in [-0.1, -0.05) is 48.5 Å². The van der Waals surface area contributed by atoms with Crippen LogP contribution < -0.4 is 20.9 Å². The van der Waals surface area contributed by atoms with Gasteiger partial charge in [0.05, 0.1) is 5.41 Å². The largest absolute Gasteiger partial charge is 0.341 e. The predicted octanol–water partition coefficient (Wildman–Crippen LogP) is 2.96. The molecule has 3 heterocycles. The van der Waals surface area contributed by atoms with Crippen LogP contribution in [0.2, 0.25) is 0 Å². The highest BCUT2D eigenvalue weighted by atomic mass is 16.2. The van der Waals surface area contributed by atoms with Crippen molar-refractivity contribution in [3.05, 3.63) is 65.7 Å². The van der Waals surface area contributed by atoms with Crippen molar-refractivity contribution in [2.45, 2.75) is 69.5 Å². The summed E-state index contributed by atoms with van der Waals surface area (Å²) in [6.07, 6.45) is 3.55. The monoisotopic (exact) mass is 517 g/mol. The fourth-order valence-corrected chi connectivity index (χ4v) is 6.04. The Morgan fingerprint density at radius 3 is 2.45 bits per heavy atom. The van der Waals surface area contributed by atoms with Crippen LogP contribution >= 0.6 is 0 Å². The molecule has 0 radical (unpaired) electrons. The van der Waals surface area contributed by atoms with Crippen molar-refractivity contribution in [3.8, 4) is 0 Å². The van der Waals surface area contributed by atoms with Crippen molar-refractivity contribution >= 4 is 23.5 Å². The zero-order valence-corrected chi connectivity index (χ0v) is 22.4. The number of hydrogen-bond donors (Lipinski definition) is 3. The van der Waals surface area contributed by atoms with Gasteiger partial charge in [-0.3, -0.25) is 9.59 Å². The molecule has 0 saturated carbocycles. The lowest BCUT2D eigenvalue weighted by Crippen LogP contribution is -2.56. The molecule has 3 aliphatic rings. The molecule has 2 atom stereocenters. The highest BCUT2D eigenvalue weighted by molar-refractivity contribution is 6.08. The van der Waals surface area contributed by atoms with Crippen molar-refractivity contribution in [2.24, 2.45) is 0 Å². The van der Waals surface area contributed by atoms with Gasteiger partial charge < -0.3 is 25.8 Å². The third-order valence-corrected chi connectivity index (χ3v) is 8.30. The van der Waals surface area contributed by atoms with Gasteiger partial charge in [0.2, 0.25) is 11.8 Å². The van der Waals surface area contributed by atoms with E-state index in [4.69, 9.17) is 0 Å². The molecule has 3 N–H and O–H groups in total. The lowest BCUT2D eigenvalue weighted by Gasteiger charge is -2.38. The summed E-state index contributed by atoms with van der Waals surface area (Å²) >= 11 is 0. The summed E-state index contributed by atoms with van der Waals surface area (Å²) in [4.78, 5) is 43.7. The molecule has 3 aliphatic heterocycles. The molecule has 0 aliphatic carbocycles. The lowest BCUT2D eigenvalue weighted by molar-refractivity contribution is -0.134. The molecule has 0 aromatic heterocycles. The summed E-state index contributed by atoms with van der Waals surface area (Å²) < 4.78 is 0. The number of amides is 4. The van der Waals surface area contributed by atoms with Gasteiger partial charge in [-0.2, -0.15) is 0 Å². The minimum Gasteiger partial charge on any atom is -0.341 e. The number of hydrogen-bond acceptors (Lipinski definition) is 4. The van der Waals surface area contributed by atoms with Crippen LogP contribution in [0.15, 0.2) is 54.6 Å². The zero-order valence-electron chi connectivity index (χ0n) is 22.4. The maximum Gasteiger partial charge on any atom is 0.315 e. The van der Waals surface area contributed by atoms with Crippen LogP contribution in [0.3, 0.4) is 0 Å². The molecule has 2 saturated heterocycles. The number of rotatable bonds is 7. The zero-order chi connectivity index (χ0) is 26.7. The number of carbonyl (C=O) groups is 3. The second-order valence-electron chi connectivity index (χ2n) is 11.3. The van der Waals surface area contributed by atoms with Crippen LogP contribution in [0.25, 0.3) is 0 Å². The minimum atomic E-state index is -0.603. The SMILES string of the molecule is CC1(C)C(=O)N(C2CCN(C(=O)[C@H](CCc3ccccc3)NC(=O)N[C@@H]3CCNC3)CC2)c2ccccc21. The maximum atomic E-state index is 13.7. The van der Waals surface area contributed by atoms with Gasteiger partial charge >= 0.3 is 6.03 Å². The molecular weight excluding hydrogens is 478 g/mol. The first-order chi connectivity index (χ1) is 18.3.